The smallest absolute Gasteiger partial charge is 0.269 e. The number of allylic oxidation sites excluding steroid dienone is 2. The number of nitro benzene ring substituents is 1. The zero-order valence-corrected chi connectivity index (χ0v) is 28.0. The predicted octanol–water partition coefficient (Wildman–Crippen LogP) is 6.92. The molecular formula is C36H20Cl2F5N3O7. The molecule has 53 heavy (non-hydrogen) atoms. The van der Waals surface area contributed by atoms with E-state index in [9.17, 15) is 47.6 Å². The normalized spacial score (nSPS) is 27.9. The van der Waals surface area contributed by atoms with Crippen molar-refractivity contribution in [2.45, 2.75) is 28.5 Å². The first-order valence-corrected chi connectivity index (χ1v) is 16.6. The number of carbonyl (C=O) groups excluding carboxylic acids is 4. The summed E-state index contributed by atoms with van der Waals surface area (Å²) in [6, 6.07) is 13.8. The van der Waals surface area contributed by atoms with Gasteiger partial charge in [0.1, 0.15) is 11.4 Å². The fourth-order valence-electron chi connectivity index (χ4n) is 8.45. The number of phenols is 1. The van der Waals surface area contributed by atoms with Gasteiger partial charge < -0.3 is 5.11 Å². The van der Waals surface area contributed by atoms with E-state index in [1.807, 2.05) is 0 Å². The Morgan fingerprint density at radius 1 is 0.774 bits per heavy atom. The van der Waals surface area contributed by atoms with Crippen LogP contribution < -0.4 is 9.80 Å². The Labute approximate surface area is 304 Å². The van der Waals surface area contributed by atoms with Gasteiger partial charge in [-0.05, 0) is 47.7 Å². The maximum absolute atomic E-state index is 15.3. The largest absolute Gasteiger partial charge is 0.508 e. The quantitative estimate of drug-likeness (QED) is 0.0348. The lowest BCUT2D eigenvalue weighted by Gasteiger charge is -2.51. The topological polar surface area (TPSA) is 138 Å². The number of hydrogen-bond donors (Lipinski definition) is 1. The standard InChI is InChI=1S/C36H20Cl2F5N3O7/c37-35-13-20-18(10-11-19-22(20)32(49)44(31(19)48)15-6-8-16(9-7-15)46(52)53)24(23-17-4-2-1-3-14(17)5-12-21(23)47)36(35,38)34(51)45(33(35)50)30-28(42)26(40)25(39)27(41)29(30)43/h1-10,12,19-20,22,24,47H,11,13H2. The van der Waals surface area contributed by atoms with Crippen molar-refractivity contribution in [1.29, 1.82) is 0 Å². The van der Waals surface area contributed by atoms with Crippen LogP contribution in [0.5, 0.6) is 5.75 Å². The number of anilines is 2. The van der Waals surface area contributed by atoms with Crippen molar-refractivity contribution < 1.29 is 51.2 Å². The molecule has 4 aliphatic rings. The van der Waals surface area contributed by atoms with Gasteiger partial charge in [0.05, 0.1) is 22.4 Å². The molecule has 4 amide bonds. The van der Waals surface area contributed by atoms with Crippen LogP contribution in [0.3, 0.4) is 0 Å². The summed E-state index contributed by atoms with van der Waals surface area (Å²) in [4.78, 5) is 62.6. The molecule has 17 heteroatoms. The maximum Gasteiger partial charge on any atom is 0.269 e. The Morgan fingerprint density at radius 3 is 2.04 bits per heavy atom. The number of aromatic hydroxyl groups is 1. The fraction of sp³-hybridized carbons (Fsp3) is 0.222. The number of benzene rings is 4. The molecule has 4 aromatic carbocycles. The zero-order valence-electron chi connectivity index (χ0n) is 26.5. The van der Waals surface area contributed by atoms with Crippen LogP contribution in [0.25, 0.3) is 10.8 Å². The number of carbonyl (C=O) groups is 4. The Hall–Kier alpha value is -5.41. The summed E-state index contributed by atoms with van der Waals surface area (Å²) in [7, 11) is 0. The lowest BCUT2D eigenvalue weighted by molar-refractivity contribution is -0.384. The van der Waals surface area contributed by atoms with Crippen molar-refractivity contribution in [2.75, 3.05) is 9.80 Å². The van der Waals surface area contributed by atoms with Gasteiger partial charge in [-0.1, -0.05) is 42.0 Å². The minimum atomic E-state index is -2.83. The average Bonchev–Trinajstić information content (AvgIpc) is 3.48. The number of hydrogen-bond acceptors (Lipinski definition) is 7. The van der Waals surface area contributed by atoms with E-state index in [0.29, 0.717) is 5.39 Å². The van der Waals surface area contributed by atoms with Crippen molar-refractivity contribution in [2.24, 2.45) is 17.8 Å². The van der Waals surface area contributed by atoms with Crippen LogP contribution in [0.15, 0.2) is 72.3 Å². The molecule has 0 spiro atoms. The van der Waals surface area contributed by atoms with Gasteiger partial charge in [0.15, 0.2) is 33.0 Å². The monoisotopic (exact) mass is 771 g/mol. The molecule has 6 unspecified atom stereocenters. The molecule has 0 radical (unpaired) electrons. The van der Waals surface area contributed by atoms with E-state index in [4.69, 9.17) is 23.2 Å². The van der Waals surface area contributed by atoms with Gasteiger partial charge in [-0.15, -0.1) is 23.2 Å². The summed E-state index contributed by atoms with van der Waals surface area (Å²) in [5.41, 5.74) is -2.18. The van der Waals surface area contributed by atoms with Crippen molar-refractivity contribution in [3.8, 4) is 5.75 Å². The zero-order chi connectivity index (χ0) is 38.0. The summed E-state index contributed by atoms with van der Waals surface area (Å²) in [5, 5.41) is 23.4. The van der Waals surface area contributed by atoms with Crippen LogP contribution in [-0.4, -0.2) is 43.4 Å². The number of rotatable bonds is 4. The molecule has 0 bridgehead atoms. The average molecular weight is 772 g/mol. The molecule has 3 fully saturated rings. The SMILES string of the molecule is O=C1C2CC=C3C(CC4(Cl)C(=O)N(c5c(F)c(F)c(F)c(F)c5F)C(=O)C4(Cl)C3c3c(O)ccc4ccccc34)C2C(=O)N1c1ccc([N+](=O)[O-])cc1. The molecule has 6 atom stereocenters. The highest BCUT2D eigenvalue weighted by atomic mass is 35.5. The maximum atomic E-state index is 15.3. The lowest BCUT2D eigenvalue weighted by Crippen LogP contribution is -2.60. The van der Waals surface area contributed by atoms with E-state index in [1.54, 1.807) is 24.3 Å². The Kier molecular flexibility index (Phi) is 7.55. The number of alkyl halides is 2. The second-order valence-electron chi connectivity index (χ2n) is 13.2. The van der Waals surface area contributed by atoms with Gasteiger partial charge in [-0.2, -0.15) is 0 Å². The molecule has 0 aromatic heterocycles. The first kappa shape index (κ1) is 34.7. The van der Waals surface area contributed by atoms with Crippen LogP contribution in [-0.2, 0) is 19.2 Å². The number of imide groups is 2. The van der Waals surface area contributed by atoms with Crippen molar-refractivity contribution in [3.63, 3.8) is 0 Å². The molecule has 2 aliphatic heterocycles. The number of non-ortho nitro benzene ring substituents is 1. The van der Waals surface area contributed by atoms with E-state index >= 15 is 8.78 Å². The van der Waals surface area contributed by atoms with Crippen molar-refractivity contribution in [3.05, 3.63) is 117 Å². The van der Waals surface area contributed by atoms with Crippen LogP contribution in [0.1, 0.15) is 24.3 Å². The number of amides is 4. The summed E-state index contributed by atoms with van der Waals surface area (Å²) in [6.07, 6.45) is 0.622. The molecule has 10 nitrogen and oxygen atoms in total. The number of phenolic OH excluding ortho intramolecular Hbond substituents is 1. The van der Waals surface area contributed by atoms with Crippen molar-refractivity contribution >= 4 is 74.7 Å². The molecule has 2 heterocycles. The predicted molar refractivity (Wildman–Crippen MR) is 178 cm³/mol. The molecule has 2 saturated heterocycles. The van der Waals surface area contributed by atoms with Crippen LogP contribution in [0, 0.1) is 57.0 Å². The molecule has 270 valence electrons. The summed E-state index contributed by atoms with van der Waals surface area (Å²) in [5.74, 6) is -23.1. The molecule has 4 aromatic rings. The third-order valence-corrected chi connectivity index (χ3v) is 12.2. The first-order valence-electron chi connectivity index (χ1n) is 15.9. The van der Waals surface area contributed by atoms with Gasteiger partial charge >= 0.3 is 0 Å². The van der Waals surface area contributed by atoms with Crippen LogP contribution >= 0.6 is 23.2 Å². The highest BCUT2D eigenvalue weighted by Crippen LogP contribution is 2.67. The van der Waals surface area contributed by atoms with Crippen LogP contribution in [0.4, 0.5) is 39.0 Å². The van der Waals surface area contributed by atoms with Gasteiger partial charge in [-0.3, -0.25) is 34.2 Å². The molecule has 2 aliphatic carbocycles. The minimum Gasteiger partial charge on any atom is -0.508 e. The Morgan fingerprint density at radius 2 is 1.40 bits per heavy atom. The van der Waals surface area contributed by atoms with Gasteiger partial charge in [-0.25, -0.2) is 26.9 Å². The Balaban J connectivity index is 1.35. The van der Waals surface area contributed by atoms with Crippen LogP contribution in [0.2, 0.25) is 0 Å². The lowest BCUT2D eigenvalue weighted by atomic mass is 9.56. The number of nitrogens with zero attached hydrogens (tertiary/aromatic N) is 3. The minimum absolute atomic E-state index is 0.00232. The van der Waals surface area contributed by atoms with Gasteiger partial charge in [0.2, 0.25) is 17.6 Å². The number of halogens is 7. The highest BCUT2D eigenvalue weighted by molar-refractivity contribution is 6.58. The van der Waals surface area contributed by atoms with Gasteiger partial charge in [0.25, 0.3) is 17.5 Å². The van der Waals surface area contributed by atoms with E-state index < -0.39 is 109 Å². The highest BCUT2D eigenvalue weighted by Gasteiger charge is 2.77. The molecular weight excluding hydrogens is 752 g/mol. The first-order chi connectivity index (χ1) is 25.1. The second-order valence-corrected chi connectivity index (χ2v) is 14.4. The van der Waals surface area contributed by atoms with Gasteiger partial charge in [0, 0.05) is 23.6 Å². The summed E-state index contributed by atoms with van der Waals surface area (Å²) < 4.78 is 73.8. The summed E-state index contributed by atoms with van der Waals surface area (Å²) in [6.45, 7) is 0. The summed E-state index contributed by atoms with van der Waals surface area (Å²) >= 11 is 14.4. The van der Waals surface area contributed by atoms with E-state index in [2.05, 4.69) is 0 Å². The van der Waals surface area contributed by atoms with E-state index in [1.165, 1.54) is 30.3 Å². The van der Waals surface area contributed by atoms with E-state index in [-0.39, 0.29) is 39.2 Å². The second kappa shape index (κ2) is 11.5. The fourth-order valence-corrected chi connectivity index (χ4v) is 9.37. The molecule has 8 rings (SSSR count). The number of fused-ring (bicyclic) bond motifs is 5. The molecule has 1 saturated carbocycles. The molecule has 1 N–H and O–H groups in total. The third kappa shape index (κ3) is 4.37. The number of nitro groups is 1. The van der Waals surface area contributed by atoms with Crippen molar-refractivity contribution in [1.82, 2.24) is 0 Å². The third-order valence-electron chi connectivity index (χ3n) is 10.8. The van der Waals surface area contributed by atoms with E-state index in [0.717, 1.165) is 17.0 Å². The Bertz CT molecular complexity index is 2400.